The molecule has 2 aromatic rings. The number of aromatic nitrogens is 1. The first-order valence-electron chi connectivity index (χ1n) is 6.89. The predicted molar refractivity (Wildman–Crippen MR) is 78.9 cm³/mol. The molecule has 0 saturated carbocycles. The van der Waals surface area contributed by atoms with Crippen LogP contribution in [0.3, 0.4) is 0 Å². The van der Waals surface area contributed by atoms with E-state index in [-0.39, 0.29) is 5.91 Å². The molecule has 0 fully saturated rings. The molecular weight excluding hydrogens is 248 g/mol. The van der Waals surface area contributed by atoms with Gasteiger partial charge in [-0.15, -0.1) is 0 Å². The van der Waals surface area contributed by atoms with E-state index >= 15 is 0 Å². The van der Waals surface area contributed by atoms with Gasteiger partial charge in [-0.2, -0.15) is 0 Å². The van der Waals surface area contributed by atoms with Crippen molar-refractivity contribution in [3.8, 4) is 0 Å². The lowest BCUT2D eigenvalue weighted by Crippen LogP contribution is -2.36. The van der Waals surface area contributed by atoms with Gasteiger partial charge in [0.15, 0.2) is 18.9 Å². The van der Waals surface area contributed by atoms with Gasteiger partial charge in [-0.25, -0.2) is 4.57 Å². The van der Waals surface area contributed by atoms with Gasteiger partial charge in [0, 0.05) is 25.7 Å². The molecule has 1 heterocycles. The standard InChI is InChI=1S/C17H21N2O/c1-15-8-11-19(12-9-15)13-10-17(20)18(2)14-16-6-4-3-5-7-16/h3-9,11-12H,10,13-14H2,1-2H3/q+1. The highest BCUT2D eigenvalue weighted by Crippen LogP contribution is 2.04. The molecule has 0 spiro atoms. The fourth-order valence-electron chi connectivity index (χ4n) is 2.04. The zero-order valence-electron chi connectivity index (χ0n) is 12.1. The fourth-order valence-corrected chi connectivity index (χ4v) is 2.04. The zero-order chi connectivity index (χ0) is 14.4. The van der Waals surface area contributed by atoms with E-state index in [0.717, 1.165) is 12.1 Å². The Bertz CT molecular complexity index is 549. The molecule has 0 unspecified atom stereocenters. The Hall–Kier alpha value is -2.16. The van der Waals surface area contributed by atoms with Gasteiger partial charge in [-0.1, -0.05) is 30.3 Å². The maximum atomic E-state index is 12.1. The maximum absolute atomic E-state index is 12.1. The fraction of sp³-hybridized carbons (Fsp3) is 0.294. The normalized spacial score (nSPS) is 10.3. The molecule has 0 aliphatic heterocycles. The zero-order valence-corrected chi connectivity index (χ0v) is 12.1. The Balaban J connectivity index is 1.83. The molecular formula is C17H21N2O+. The predicted octanol–water partition coefficient (Wildman–Crippen LogP) is 2.33. The van der Waals surface area contributed by atoms with E-state index in [9.17, 15) is 4.79 Å². The van der Waals surface area contributed by atoms with Crippen LogP contribution in [-0.2, 0) is 17.9 Å². The highest BCUT2D eigenvalue weighted by atomic mass is 16.2. The number of nitrogens with zero attached hydrogens (tertiary/aromatic N) is 2. The van der Waals surface area contributed by atoms with Crippen LogP contribution < -0.4 is 4.57 Å². The van der Waals surface area contributed by atoms with Crippen molar-refractivity contribution < 1.29 is 9.36 Å². The molecule has 20 heavy (non-hydrogen) atoms. The molecule has 0 saturated heterocycles. The topological polar surface area (TPSA) is 24.2 Å². The summed E-state index contributed by atoms with van der Waals surface area (Å²) in [6.45, 7) is 3.44. The number of rotatable bonds is 5. The van der Waals surface area contributed by atoms with Gasteiger partial charge < -0.3 is 4.90 Å². The summed E-state index contributed by atoms with van der Waals surface area (Å²) in [4.78, 5) is 13.9. The summed E-state index contributed by atoms with van der Waals surface area (Å²) >= 11 is 0. The van der Waals surface area contributed by atoms with Gasteiger partial charge in [-0.3, -0.25) is 4.79 Å². The van der Waals surface area contributed by atoms with Crippen molar-refractivity contribution >= 4 is 5.91 Å². The van der Waals surface area contributed by atoms with Crippen LogP contribution in [-0.4, -0.2) is 17.9 Å². The van der Waals surface area contributed by atoms with E-state index in [0.29, 0.717) is 13.0 Å². The van der Waals surface area contributed by atoms with Crippen LogP contribution in [0.1, 0.15) is 17.5 Å². The van der Waals surface area contributed by atoms with Crippen LogP contribution in [0.4, 0.5) is 0 Å². The van der Waals surface area contributed by atoms with Crippen molar-refractivity contribution in [2.75, 3.05) is 7.05 Å². The quantitative estimate of drug-likeness (QED) is 0.764. The average molecular weight is 269 g/mol. The third-order valence-corrected chi connectivity index (χ3v) is 3.33. The maximum Gasteiger partial charge on any atom is 0.228 e. The molecule has 3 heteroatoms. The minimum absolute atomic E-state index is 0.168. The third kappa shape index (κ3) is 4.19. The molecule has 1 amide bonds. The molecule has 0 radical (unpaired) electrons. The molecule has 0 atom stereocenters. The first-order chi connectivity index (χ1) is 9.65. The summed E-state index contributed by atoms with van der Waals surface area (Å²) in [6, 6.07) is 14.2. The second-order valence-corrected chi connectivity index (χ2v) is 5.10. The minimum atomic E-state index is 0.168. The first kappa shape index (κ1) is 14.3. The Morgan fingerprint density at radius 3 is 2.40 bits per heavy atom. The number of carbonyl (C=O) groups is 1. The number of pyridine rings is 1. The van der Waals surface area contributed by atoms with Crippen LogP contribution in [0.5, 0.6) is 0 Å². The highest BCUT2D eigenvalue weighted by molar-refractivity contribution is 5.75. The largest absolute Gasteiger partial charge is 0.341 e. The lowest BCUT2D eigenvalue weighted by Gasteiger charge is -2.16. The number of hydrogen-bond donors (Lipinski definition) is 0. The van der Waals surface area contributed by atoms with Crippen LogP contribution in [0, 0.1) is 6.92 Å². The van der Waals surface area contributed by atoms with Crippen LogP contribution in [0.2, 0.25) is 0 Å². The lowest BCUT2D eigenvalue weighted by molar-refractivity contribution is -0.696. The molecule has 0 aliphatic carbocycles. The Labute approximate surface area is 120 Å². The second kappa shape index (κ2) is 6.85. The molecule has 3 nitrogen and oxygen atoms in total. The van der Waals surface area contributed by atoms with Crippen molar-refractivity contribution in [3.05, 3.63) is 66.0 Å². The monoisotopic (exact) mass is 269 g/mol. The Morgan fingerprint density at radius 2 is 1.75 bits per heavy atom. The van der Waals surface area contributed by atoms with Crippen molar-refractivity contribution in [1.29, 1.82) is 0 Å². The van der Waals surface area contributed by atoms with Gasteiger partial charge >= 0.3 is 0 Å². The van der Waals surface area contributed by atoms with Gasteiger partial charge in [0.1, 0.15) is 0 Å². The summed E-state index contributed by atoms with van der Waals surface area (Å²) < 4.78 is 2.04. The molecule has 0 N–H and O–H groups in total. The van der Waals surface area contributed by atoms with Gasteiger partial charge in [0.25, 0.3) is 0 Å². The number of carbonyl (C=O) groups excluding carboxylic acids is 1. The highest BCUT2D eigenvalue weighted by Gasteiger charge is 2.11. The van der Waals surface area contributed by atoms with E-state index in [1.54, 1.807) is 4.90 Å². The van der Waals surface area contributed by atoms with Crippen LogP contribution in [0.25, 0.3) is 0 Å². The summed E-state index contributed by atoms with van der Waals surface area (Å²) in [7, 11) is 1.86. The minimum Gasteiger partial charge on any atom is -0.341 e. The van der Waals surface area contributed by atoms with E-state index < -0.39 is 0 Å². The van der Waals surface area contributed by atoms with Gasteiger partial charge in [0.2, 0.25) is 5.91 Å². The van der Waals surface area contributed by atoms with Crippen molar-refractivity contribution in [2.24, 2.45) is 0 Å². The summed E-state index contributed by atoms with van der Waals surface area (Å²) in [6.07, 6.45) is 4.55. The second-order valence-electron chi connectivity index (χ2n) is 5.10. The van der Waals surface area contributed by atoms with E-state index in [2.05, 4.69) is 19.1 Å². The summed E-state index contributed by atoms with van der Waals surface area (Å²) in [5, 5.41) is 0. The smallest absolute Gasteiger partial charge is 0.228 e. The molecule has 0 bridgehead atoms. The van der Waals surface area contributed by atoms with Crippen molar-refractivity contribution in [1.82, 2.24) is 4.90 Å². The average Bonchev–Trinajstić information content (AvgIpc) is 2.47. The summed E-state index contributed by atoms with van der Waals surface area (Å²) in [5.74, 6) is 0.168. The molecule has 2 rings (SSSR count). The van der Waals surface area contributed by atoms with Gasteiger partial charge in [-0.05, 0) is 18.1 Å². The number of amides is 1. The lowest BCUT2D eigenvalue weighted by atomic mass is 10.2. The van der Waals surface area contributed by atoms with E-state index in [4.69, 9.17) is 0 Å². The molecule has 1 aromatic heterocycles. The summed E-state index contributed by atoms with van der Waals surface area (Å²) in [5.41, 5.74) is 2.39. The van der Waals surface area contributed by atoms with E-state index in [1.165, 1.54) is 5.56 Å². The first-order valence-corrected chi connectivity index (χ1v) is 6.89. The van der Waals surface area contributed by atoms with Crippen molar-refractivity contribution in [2.45, 2.75) is 26.4 Å². The van der Waals surface area contributed by atoms with Crippen molar-refractivity contribution in [3.63, 3.8) is 0 Å². The Morgan fingerprint density at radius 1 is 1.10 bits per heavy atom. The SMILES string of the molecule is Cc1cc[n+](CCC(=O)N(C)Cc2ccccc2)cc1. The van der Waals surface area contributed by atoms with Crippen LogP contribution in [0.15, 0.2) is 54.9 Å². The Kier molecular flexibility index (Phi) is 4.88. The van der Waals surface area contributed by atoms with Crippen LogP contribution >= 0.6 is 0 Å². The van der Waals surface area contributed by atoms with Gasteiger partial charge in [0.05, 0.1) is 6.42 Å². The van der Waals surface area contributed by atoms with E-state index in [1.807, 2.05) is 54.3 Å². The number of aryl methyl sites for hydroxylation is 2. The molecule has 104 valence electrons. The number of benzene rings is 1. The molecule has 0 aliphatic rings. The number of hydrogen-bond acceptors (Lipinski definition) is 1. The molecule has 1 aromatic carbocycles. The third-order valence-electron chi connectivity index (χ3n) is 3.33.